The molecule has 2 aliphatic heterocycles. The molecule has 144 valence electrons. The molecule has 1 aromatic carbocycles. The zero-order valence-corrected chi connectivity index (χ0v) is 15.9. The van der Waals surface area contributed by atoms with Crippen molar-refractivity contribution < 1.29 is 4.79 Å². The van der Waals surface area contributed by atoms with E-state index >= 15 is 0 Å². The fraction of sp³-hybridized carbons (Fsp3) is 0.619. The number of nitriles is 1. The Morgan fingerprint density at radius 1 is 1.11 bits per heavy atom. The number of carbonyl (C=O) groups excluding carboxylic acids is 1. The summed E-state index contributed by atoms with van der Waals surface area (Å²) in [5, 5.41) is 12.4. The van der Waals surface area contributed by atoms with Crippen LogP contribution in [0.1, 0.15) is 31.2 Å². The molecule has 0 spiro atoms. The van der Waals surface area contributed by atoms with Crippen molar-refractivity contribution in [1.82, 2.24) is 15.1 Å². The summed E-state index contributed by atoms with van der Waals surface area (Å²) in [5.74, 6) is 0.274. The molecule has 1 atom stereocenters. The minimum Gasteiger partial charge on any atom is -0.365 e. The molecule has 3 aliphatic rings. The molecule has 3 fully saturated rings. The summed E-state index contributed by atoms with van der Waals surface area (Å²) >= 11 is 0. The first-order chi connectivity index (χ1) is 13.2. The molecular weight excluding hydrogens is 338 g/mol. The second kappa shape index (κ2) is 8.28. The molecule has 0 radical (unpaired) electrons. The predicted octanol–water partition coefficient (Wildman–Crippen LogP) is 1.42. The first kappa shape index (κ1) is 18.3. The number of nitrogens with zero attached hydrogens (tertiary/aromatic N) is 4. The summed E-state index contributed by atoms with van der Waals surface area (Å²) in [7, 11) is 0. The SMILES string of the molecule is N#Cc1ccc(N2CCNCC2CC(=O)N2CCN(C3CCC3)CC2)cc1. The highest BCUT2D eigenvalue weighted by Gasteiger charge is 2.31. The second-order valence-electron chi connectivity index (χ2n) is 7.92. The Hall–Kier alpha value is -2.10. The van der Waals surface area contributed by atoms with E-state index in [1.165, 1.54) is 19.3 Å². The first-order valence-electron chi connectivity index (χ1n) is 10.2. The molecule has 4 rings (SSSR count). The van der Waals surface area contributed by atoms with E-state index in [2.05, 4.69) is 26.1 Å². The van der Waals surface area contributed by atoms with E-state index in [0.29, 0.717) is 12.0 Å². The quantitative estimate of drug-likeness (QED) is 0.872. The molecule has 6 heteroatoms. The monoisotopic (exact) mass is 367 g/mol. The van der Waals surface area contributed by atoms with Gasteiger partial charge < -0.3 is 15.1 Å². The van der Waals surface area contributed by atoms with Crippen LogP contribution in [0, 0.1) is 11.3 Å². The van der Waals surface area contributed by atoms with E-state index in [1.54, 1.807) is 0 Å². The van der Waals surface area contributed by atoms with Crippen LogP contribution in [0.25, 0.3) is 0 Å². The van der Waals surface area contributed by atoms with Gasteiger partial charge in [-0.25, -0.2) is 0 Å². The average Bonchev–Trinajstić information content (AvgIpc) is 2.68. The molecule has 1 aliphatic carbocycles. The number of rotatable bonds is 4. The van der Waals surface area contributed by atoms with Gasteiger partial charge in [0, 0.05) is 64.0 Å². The van der Waals surface area contributed by atoms with E-state index in [1.807, 2.05) is 24.3 Å². The highest BCUT2D eigenvalue weighted by molar-refractivity contribution is 5.77. The van der Waals surface area contributed by atoms with Crippen molar-refractivity contribution in [2.24, 2.45) is 0 Å². The third-order valence-electron chi connectivity index (χ3n) is 6.35. The minimum absolute atomic E-state index is 0.170. The van der Waals surface area contributed by atoms with Gasteiger partial charge in [-0.05, 0) is 37.1 Å². The molecule has 1 unspecified atom stereocenters. The maximum atomic E-state index is 12.9. The lowest BCUT2D eigenvalue weighted by atomic mass is 9.91. The molecule has 0 bridgehead atoms. The van der Waals surface area contributed by atoms with Crippen LogP contribution < -0.4 is 10.2 Å². The van der Waals surface area contributed by atoms with Gasteiger partial charge in [0.15, 0.2) is 0 Å². The van der Waals surface area contributed by atoms with E-state index in [0.717, 1.165) is 57.5 Å². The van der Waals surface area contributed by atoms with Gasteiger partial charge in [-0.1, -0.05) is 6.42 Å². The fourth-order valence-electron chi connectivity index (χ4n) is 4.43. The Balaban J connectivity index is 1.35. The molecule has 6 nitrogen and oxygen atoms in total. The molecule has 1 N–H and O–H groups in total. The van der Waals surface area contributed by atoms with Crippen molar-refractivity contribution in [3.8, 4) is 6.07 Å². The molecule has 1 amide bonds. The van der Waals surface area contributed by atoms with E-state index in [4.69, 9.17) is 5.26 Å². The van der Waals surface area contributed by atoms with Crippen molar-refractivity contribution >= 4 is 11.6 Å². The standard InChI is InChI=1S/C21H29N5O/c22-15-17-4-6-19(7-5-17)26-9-8-23-16-20(26)14-21(27)25-12-10-24(11-13-25)18-2-1-3-18/h4-7,18,20,23H,1-3,8-14,16H2. The van der Waals surface area contributed by atoms with E-state index in [9.17, 15) is 4.79 Å². The van der Waals surface area contributed by atoms with Gasteiger partial charge in [0.25, 0.3) is 0 Å². The molecule has 2 saturated heterocycles. The number of benzene rings is 1. The van der Waals surface area contributed by atoms with Gasteiger partial charge >= 0.3 is 0 Å². The summed E-state index contributed by atoms with van der Waals surface area (Å²) in [6.45, 7) is 6.42. The van der Waals surface area contributed by atoms with Crippen LogP contribution in [0.3, 0.4) is 0 Å². The van der Waals surface area contributed by atoms with Crippen molar-refractivity contribution in [3.63, 3.8) is 0 Å². The number of hydrogen-bond donors (Lipinski definition) is 1. The van der Waals surface area contributed by atoms with Crippen molar-refractivity contribution in [2.75, 3.05) is 50.7 Å². The Bertz CT molecular complexity index is 686. The largest absolute Gasteiger partial charge is 0.365 e. The lowest BCUT2D eigenvalue weighted by Gasteiger charge is -2.44. The van der Waals surface area contributed by atoms with E-state index < -0.39 is 0 Å². The normalized spacial score (nSPS) is 24.3. The van der Waals surface area contributed by atoms with Crippen LogP contribution in [0.15, 0.2) is 24.3 Å². The molecule has 1 aromatic rings. The van der Waals surface area contributed by atoms with Crippen LogP contribution in [-0.4, -0.2) is 73.6 Å². The molecule has 0 aromatic heterocycles. The lowest BCUT2D eigenvalue weighted by Crippen LogP contribution is -2.56. The Morgan fingerprint density at radius 2 is 1.85 bits per heavy atom. The maximum Gasteiger partial charge on any atom is 0.224 e. The minimum atomic E-state index is 0.170. The highest BCUT2D eigenvalue weighted by Crippen LogP contribution is 2.26. The maximum absolute atomic E-state index is 12.9. The summed E-state index contributed by atoms with van der Waals surface area (Å²) in [6.07, 6.45) is 4.59. The summed E-state index contributed by atoms with van der Waals surface area (Å²) < 4.78 is 0. The zero-order chi connectivity index (χ0) is 18.6. The van der Waals surface area contributed by atoms with Crippen LogP contribution >= 0.6 is 0 Å². The topological polar surface area (TPSA) is 62.6 Å². The number of anilines is 1. The smallest absolute Gasteiger partial charge is 0.224 e. The molecular formula is C21H29N5O. The van der Waals surface area contributed by atoms with Crippen LogP contribution in [0.4, 0.5) is 5.69 Å². The number of carbonyl (C=O) groups is 1. The molecule has 27 heavy (non-hydrogen) atoms. The van der Waals surface area contributed by atoms with Gasteiger partial charge in [-0.3, -0.25) is 9.69 Å². The van der Waals surface area contributed by atoms with E-state index in [-0.39, 0.29) is 11.9 Å². The lowest BCUT2D eigenvalue weighted by molar-refractivity contribution is -0.134. The Kier molecular flexibility index (Phi) is 5.61. The summed E-state index contributed by atoms with van der Waals surface area (Å²) in [5.41, 5.74) is 1.77. The van der Waals surface area contributed by atoms with Crippen molar-refractivity contribution in [1.29, 1.82) is 5.26 Å². The number of amides is 1. The van der Waals surface area contributed by atoms with Gasteiger partial charge in [-0.2, -0.15) is 5.26 Å². The summed E-state index contributed by atoms with van der Waals surface area (Å²) in [4.78, 5) is 19.9. The number of nitrogens with one attached hydrogen (secondary N) is 1. The van der Waals surface area contributed by atoms with Crippen LogP contribution in [-0.2, 0) is 4.79 Å². The zero-order valence-electron chi connectivity index (χ0n) is 15.9. The highest BCUT2D eigenvalue weighted by atomic mass is 16.2. The predicted molar refractivity (Wildman–Crippen MR) is 106 cm³/mol. The Labute approximate surface area is 161 Å². The van der Waals surface area contributed by atoms with Gasteiger partial charge in [0.05, 0.1) is 17.7 Å². The van der Waals surface area contributed by atoms with Crippen molar-refractivity contribution in [2.45, 2.75) is 37.8 Å². The third kappa shape index (κ3) is 4.10. The number of piperazine rings is 2. The second-order valence-corrected chi connectivity index (χ2v) is 7.92. The molecule has 1 saturated carbocycles. The van der Waals surface area contributed by atoms with Crippen LogP contribution in [0.5, 0.6) is 0 Å². The number of hydrogen-bond acceptors (Lipinski definition) is 5. The average molecular weight is 367 g/mol. The van der Waals surface area contributed by atoms with Gasteiger partial charge in [0.2, 0.25) is 5.91 Å². The first-order valence-corrected chi connectivity index (χ1v) is 10.2. The van der Waals surface area contributed by atoms with Gasteiger partial charge in [0.1, 0.15) is 0 Å². The molecule has 2 heterocycles. The Morgan fingerprint density at radius 3 is 2.48 bits per heavy atom. The third-order valence-corrected chi connectivity index (χ3v) is 6.35. The summed E-state index contributed by atoms with van der Waals surface area (Å²) in [6, 6.07) is 10.8. The van der Waals surface area contributed by atoms with Crippen molar-refractivity contribution in [3.05, 3.63) is 29.8 Å². The van der Waals surface area contributed by atoms with Gasteiger partial charge in [-0.15, -0.1) is 0 Å². The van der Waals surface area contributed by atoms with Crippen LogP contribution in [0.2, 0.25) is 0 Å². The fourth-order valence-corrected chi connectivity index (χ4v) is 4.43.